The second-order valence-electron chi connectivity index (χ2n) is 3.78. The number of H-pyrrole nitrogens is 1. The molecule has 0 saturated heterocycles. The number of rotatable bonds is 3. The van der Waals surface area contributed by atoms with Crippen LogP contribution in [0.25, 0.3) is 11.2 Å². The van der Waals surface area contributed by atoms with E-state index in [1.54, 1.807) is 0 Å². The standard InChI is InChI=1S/C11H6FN5O2S/c12-6-1-7(17(18)19)3-8(2-6)20-11-9-10(14-4-13-9)15-5-16-11/h1-5H,(H,13,14,15,16). The van der Waals surface area contributed by atoms with Crippen LogP contribution in [0.3, 0.4) is 0 Å². The predicted molar refractivity (Wildman–Crippen MR) is 68.9 cm³/mol. The summed E-state index contributed by atoms with van der Waals surface area (Å²) in [5.41, 5.74) is 0.778. The Morgan fingerprint density at radius 3 is 2.90 bits per heavy atom. The summed E-state index contributed by atoms with van der Waals surface area (Å²) in [7, 11) is 0. The lowest BCUT2D eigenvalue weighted by atomic mass is 10.3. The van der Waals surface area contributed by atoms with Crippen molar-refractivity contribution in [1.82, 2.24) is 19.9 Å². The van der Waals surface area contributed by atoms with Crippen LogP contribution in [0, 0.1) is 15.9 Å². The van der Waals surface area contributed by atoms with Gasteiger partial charge in [0.15, 0.2) is 5.65 Å². The van der Waals surface area contributed by atoms with Crippen LogP contribution in [0.4, 0.5) is 10.1 Å². The highest BCUT2D eigenvalue weighted by Crippen LogP contribution is 2.32. The summed E-state index contributed by atoms with van der Waals surface area (Å²) in [5.74, 6) is -0.670. The zero-order chi connectivity index (χ0) is 14.1. The number of benzene rings is 1. The summed E-state index contributed by atoms with van der Waals surface area (Å²) in [6.45, 7) is 0. The molecule has 2 heterocycles. The Bertz CT molecular complexity index is 806. The van der Waals surface area contributed by atoms with Crippen LogP contribution in [0.5, 0.6) is 0 Å². The SMILES string of the molecule is O=[N+]([O-])c1cc(F)cc(Sc2ncnc3nc[nH]c23)c1. The number of hydrogen-bond donors (Lipinski definition) is 1. The van der Waals surface area contributed by atoms with Gasteiger partial charge in [-0.2, -0.15) is 0 Å². The van der Waals surface area contributed by atoms with E-state index in [-0.39, 0.29) is 5.69 Å². The minimum absolute atomic E-state index is 0.303. The monoisotopic (exact) mass is 291 g/mol. The van der Waals surface area contributed by atoms with Gasteiger partial charge in [0.05, 0.1) is 17.3 Å². The van der Waals surface area contributed by atoms with E-state index in [4.69, 9.17) is 0 Å². The van der Waals surface area contributed by atoms with Crippen molar-refractivity contribution in [3.05, 3.63) is 46.8 Å². The molecule has 0 aliphatic rings. The van der Waals surface area contributed by atoms with Crippen LogP contribution in [-0.2, 0) is 0 Å². The molecule has 2 aromatic heterocycles. The zero-order valence-corrected chi connectivity index (χ0v) is 10.6. The number of hydrogen-bond acceptors (Lipinski definition) is 6. The largest absolute Gasteiger partial charge is 0.341 e. The quantitative estimate of drug-likeness (QED) is 0.452. The van der Waals surface area contributed by atoms with Gasteiger partial charge < -0.3 is 4.98 Å². The van der Waals surface area contributed by atoms with Gasteiger partial charge in [0.25, 0.3) is 5.69 Å². The zero-order valence-electron chi connectivity index (χ0n) is 9.78. The van der Waals surface area contributed by atoms with Gasteiger partial charge in [-0.3, -0.25) is 10.1 Å². The Morgan fingerprint density at radius 2 is 2.10 bits per heavy atom. The molecule has 0 amide bonds. The fourth-order valence-corrected chi connectivity index (χ4v) is 2.57. The Balaban J connectivity index is 2.02. The molecular weight excluding hydrogens is 285 g/mol. The van der Waals surface area contributed by atoms with Crippen LogP contribution in [0.1, 0.15) is 0 Å². The highest BCUT2D eigenvalue weighted by atomic mass is 32.2. The van der Waals surface area contributed by atoms with Gasteiger partial charge in [0, 0.05) is 11.0 Å². The van der Waals surface area contributed by atoms with Gasteiger partial charge in [0.2, 0.25) is 0 Å². The molecule has 7 nitrogen and oxygen atoms in total. The van der Waals surface area contributed by atoms with Crippen molar-refractivity contribution in [2.45, 2.75) is 9.92 Å². The third-order valence-electron chi connectivity index (χ3n) is 2.47. The molecule has 0 radical (unpaired) electrons. The summed E-state index contributed by atoms with van der Waals surface area (Å²) >= 11 is 1.10. The molecule has 0 saturated carbocycles. The fraction of sp³-hybridized carbons (Fsp3) is 0. The average Bonchev–Trinajstić information content (AvgIpc) is 2.87. The van der Waals surface area contributed by atoms with Crippen LogP contribution < -0.4 is 0 Å². The maximum Gasteiger partial charge on any atom is 0.273 e. The third-order valence-corrected chi connectivity index (χ3v) is 3.44. The van der Waals surface area contributed by atoms with Crippen molar-refractivity contribution < 1.29 is 9.31 Å². The van der Waals surface area contributed by atoms with E-state index < -0.39 is 10.7 Å². The first kappa shape index (κ1) is 12.5. The number of nitro benzene ring substituents is 1. The van der Waals surface area contributed by atoms with E-state index in [2.05, 4.69) is 19.9 Å². The van der Waals surface area contributed by atoms with Gasteiger partial charge in [-0.05, 0) is 6.07 Å². The van der Waals surface area contributed by atoms with Crippen LogP contribution in [-0.4, -0.2) is 24.9 Å². The third kappa shape index (κ3) is 2.30. The number of aromatic nitrogens is 4. The summed E-state index contributed by atoms with van der Waals surface area (Å²) in [5, 5.41) is 11.2. The molecule has 0 aliphatic carbocycles. The molecule has 0 fully saturated rings. The Kier molecular flexibility index (Phi) is 3.03. The van der Waals surface area contributed by atoms with Crippen molar-refractivity contribution in [3.8, 4) is 0 Å². The maximum atomic E-state index is 13.4. The molecule has 3 rings (SSSR count). The molecule has 0 aliphatic heterocycles. The fourth-order valence-electron chi connectivity index (χ4n) is 1.64. The first-order valence-electron chi connectivity index (χ1n) is 5.40. The first-order valence-corrected chi connectivity index (χ1v) is 6.22. The van der Waals surface area contributed by atoms with E-state index in [0.29, 0.717) is 21.1 Å². The Labute approximate surface area is 115 Å². The lowest BCUT2D eigenvalue weighted by Gasteiger charge is -2.02. The lowest BCUT2D eigenvalue weighted by Crippen LogP contribution is -1.91. The average molecular weight is 291 g/mol. The minimum Gasteiger partial charge on any atom is -0.341 e. The molecule has 1 aromatic carbocycles. The highest BCUT2D eigenvalue weighted by molar-refractivity contribution is 7.99. The van der Waals surface area contributed by atoms with E-state index in [1.807, 2.05) is 0 Å². The topological polar surface area (TPSA) is 97.6 Å². The number of non-ortho nitro benzene ring substituents is 1. The summed E-state index contributed by atoms with van der Waals surface area (Å²) in [6.07, 6.45) is 2.80. The van der Waals surface area contributed by atoms with Gasteiger partial charge in [0.1, 0.15) is 22.7 Å². The smallest absolute Gasteiger partial charge is 0.273 e. The molecule has 0 bridgehead atoms. The Morgan fingerprint density at radius 1 is 1.25 bits per heavy atom. The second kappa shape index (κ2) is 4.85. The van der Waals surface area contributed by atoms with Crippen molar-refractivity contribution in [3.63, 3.8) is 0 Å². The van der Waals surface area contributed by atoms with Crippen molar-refractivity contribution in [2.24, 2.45) is 0 Å². The van der Waals surface area contributed by atoms with E-state index >= 15 is 0 Å². The molecule has 0 atom stereocenters. The highest BCUT2D eigenvalue weighted by Gasteiger charge is 2.13. The molecule has 0 unspecified atom stereocenters. The van der Waals surface area contributed by atoms with Crippen LogP contribution in [0.2, 0.25) is 0 Å². The first-order chi connectivity index (χ1) is 9.63. The number of nitrogens with zero attached hydrogens (tertiary/aromatic N) is 4. The van der Waals surface area contributed by atoms with Crippen molar-refractivity contribution in [1.29, 1.82) is 0 Å². The maximum absolute atomic E-state index is 13.4. The lowest BCUT2D eigenvalue weighted by molar-refractivity contribution is -0.385. The van der Waals surface area contributed by atoms with E-state index in [9.17, 15) is 14.5 Å². The summed E-state index contributed by atoms with van der Waals surface area (Å²) in [6, 6.07) is 3.37. The van der Waals surface area contributed by atoms with Gasteiger partial charge >= 0.3 is 0 Å². The molecule has 1 N–H and O–H groups in total. The number of nitrogens with one attached hydrogen (secondary N) is 1. The minimum atomic E-state index is -0.670. The number of nitro groups is 1. The number of halogens is 1. The molecule has 3 aromatic rings. The van der Waals surface area contributed by atoms with Crippen LogP contribution in [0.15, 0.2) is 40.8 Å². The predicted octanol–water partition coefficient (Wildman–Crippen LogP) is 2.55. The van der Waals surface area contributed by atoms with E-state index in [0.717, 1.165) is 17.8 Å². The molecule has 9 heteroatoms. The number of fused-ring (bicyclic) bond motifs is 1. The van der Waals surface area contributed by atoms with Crippen molar-refractivity contribution in [2.75, 3.05) is 0 Å². The molecule has 100 valence electrons. The van der Waals surface area contributed by atoms with E-state index in [1.165, 1.54) is 24.8 Å². The van der Waals surface area contributed by atoms with Gasteiger partial charge in [-0.25, -0.2) is 19.3 Å². The molecule has 0 spiro atoms. The number of imidazole rings is 1. The normalized spacial score (nSPS) is 10.8. The van der Waals surface area contributed by atoms with Gasteiger partial charge in [-0.15, -0.1) is 0 Å². The summed E-state index contributed by atoms with van der Waals surface area (Å²) in [4.78, 5) is 25.3. The number of aromatic amines is 1. The molecular formula is C11H6FN5O2S. The van der Waals surface area contributed by atoms with Gasteiger partial charge in [-0.1, -0.05) is 11.8 Å². The summed E-state index contributed by atoms with van der Waals surface area (Å²) < 4.78 is 13.4. The van der Waals surface area contributed by atoms with Crippen molar-refractivity contribution >= 4 is 28.6 Å². The molecule has 20 heavy (non-hydrogen) atoms. The Hall–Kier alpha value is -2.55. The second-order valence-corrected chi connectivity index (χ2v) is 4.85. The van der Waals surface area contributed by atoms with Crippen LogP contribution >= 0.6 is 11.8 Å².